The molecule has 2 aromatic rings. The Labute approximate surface area is 120 Å². The van der Waals surface area contributed by atoms with E-state index in [0.29, 0.717) is 12.2 Å². The summed E-state index contributed by atoms with van der Waals surface area (Å²) in [6.45, 7) is 2.33. The first kappa shape index (κ1) is 14.7. The van der Waals surface area contributed by atoms with Crippen LogP contribution in [0.1, 0.15) is 17.4 Å². The van der Waals surface area contributed by atoms with Gasteiger partial charge in [0, 0.05) is 20.6 Å². The highest BCUT2D eigenvalue weighted by molar-refractivity contribution is 5.92. The van der Waals surface area contributed by atoms with Gasteiger partial charge in [0.25, 0.3) is 0 Å². The standard InChI is InChI=1S/C12H16N6O3/c1-4-16(2)9(19)6-18-11(8-5-13-7-17(8)3)10(12(20)21)14-15-18/h5,7H,4,6H2,1-3H3,(H,20,21). The summed E-state index contributed by atoms with van der Waals surface area (Å²) in [4.78, 5) is 28.8. The highest BCUT2D eigenvalue weighted by Crippen LogP contribution is 2.21. The Morgan fingerprint density at radius 3 is 2.67 bits per heavy atom. The third-order valence-electron chi connectivity index (χ3n) is 3.18. The van der Waals surface area contributed by atoms with E-state index in [1.807, 2.05) is 6.92 Å². The van der Waals surface area contributed by atoms with Gasteiger partial charge in [-0.25, -0.2) is 14.5 Å². The molecule has 0 aliphatic heterocycles. The lowest BCUT2D eigenvalue weighted by atomic mass is 10.2. The lowest BCUT2D eigenvalue weighted by Crippen LogP contribution is -2.30. The lowest BCUT2D eigenvalue weighted by Gasteiger charge is -2.15. The number of aromatic nitrogens is 5. The summed E-state index contributed by atoms with van der Waals surface area (Å²) in [5, 5.41) is 16.7. The van der Waals surface area contributed by atoms with Gasteiger partial charge in [0.05, 0.1) is 18.2 Å². The van der Waals surface area contributed by atoms with Crippen LogP contribution in [0.25, 0.3) is 11.4 Å². The van der Waals surface area contributed by atoms with Gasteiger partial charge in [-0.2, -0.15) is 0 Å². The average Bonchev–Trinajstić information content (AvgIpc) is 3.03. The normalized spacial score (nSPS) is 10.6. The molecule has 0 spiro atoms. The van der Waals surface area contributed by atoms with Gasteiger partial charge >= 0.3 is 5.97 Å². The molecule has 2 heterocycles. The van der Waals surface area contributed by atoms with E-state index in [2.05, 4.69) is 15.3 Å². The smallest absolute Gasteiger partial charge is 0.358 e. The molecule has 0 aliphatic rings. The van der Waals surface area contributed by atoms with Crippen molar-refractivity contribution in [2.45, 2.75) is 13.5 Å². The molecular weight excluding hydrogens is 276 g/mol. The molecule has 1 amide bonds. The SMILES string of the molecule is CCN(C)C(=O)Cn1nnc(C(=O)O)c1-c1cncn1C. The number of likely N-dealkylation sites (N-methyl/N-ethyl adjacent to an activating group) is 1. The molecule has 9 heteroatoms. The van der Waals surface area contributed by atoms with Crippen LogP contribution < -0.4 is 0 Å². The van der Waals surface area contributed by atoms with Crippen LogP contribution in [0, 0.1) is 0 Å². The fraction of sp³-hybridized carbons (Fsp3) is 0.417. The Kier molecular flexibility index (Phi) is 4.01. The molecule has 0 bridgehead atoms. The number of imidazole rings is 1. The maximum atomic E-state index is 12.0. The zero-order valence-corrected chi connectivity index (χ0v) is 12.0. The molecule has 0 atom stereocenters. The van der Waals surface area contributed by atoms with E-state index in [1.54, 1.807) is 18.7 Å². The first-order chi connectivity index (χ1) is 9.95. The van der Waals surface area contributed by atoms with E-state index in [-0.39, 0.29) is 23.8 Å². The van der Waals surface area contributed by atoms with Gasteiger partial charge in [0.1, 0.15) is 12.2 Å². The van der Waals surface area contributed by atoms with Crippen molar-refractivity contribution in [2.24, 2.45) is 7.05 Å². The number of carbonyl (C=O) groups excluding carboxylic acids is 1. The Hall–Kier alpha value is -2.71. The van der Waals surface area contributed by atoms with E-state index in [4.69, 9.17) is 0 Å². The molecule has 1 N–H and O–H groups in total. The Balaban J connectivity index is 2.46. The third-order valence-corrected chi connectivity index (χ3v) is 3.18. The molecule has 2 aromatic heterocycles. The first-order valence-electron chi connectivity index (χ1n) is 6.33. The summed E-state index contributed by atoms with van der Waals surface area (Å²) in [5.41, 5.74) is 0.593. The minimum atomic E-state index is -1.20. The van der Waals surface area contributed by atoms with E-state index >= 15 is 0 Å². The second-order valence-corrected chi connectivity index (χ2v) is 4.55. The highest BCUT2D eigenvalue weighted by atomic mass is 16.4. The van der Waals surface area contributed by atoms with Gasteiger partial charge in [-0.3, -0.25) is 4.79 Å². The molecule has 0 unspecified atom stereocenters. The van der Waals surface area contributed by atoms with Crippen molar-refractivity contribution in [3.05, 3.63) is 18.2 Å². The molecule has 0 aromatic carbocycles. The van der Waals surface area contributed by atoms with Crippen LogP contribution in [0.15, 0.2) is 12.5 Å². The van der Waals surface area contributed by atoms with Crippen LogP contribution >= 0.6 is 0 Å². The molecule has 0 saturated carbocycles. The van der Waals surface area contributed by atoms with Crippen molar-refractivity contribution in [1.29, 1.82) is 0 Å². The van der Waals surface area contributed by atoms with Crippen molar-refractivity contribution in [2.75, 3.05) is 13.6 Å². The second-order valence-electron chi connectivity index (χ2n) is 4.55. The van der Waals surface area contributed by atoms with Crippen molar-refractivity contribution < 1.29 is 14.7 Å². The number of carbonyl (C=O) groups is 2. The summed E-state index contributed by atoms with van der Waals surface area (Å²) in [7, 11) is 3.40. The highest BCUT2D eigenvalue weighted by Gasteiger charge is 2.24. The van der Waals surface area contributed by atoms with Gasteiger partial charge in [-0.15, -0.1) is 5.10 Å². The van der Waals surface area contributed by atoms with Crippen LogP contribution in [0.3, 0.4) is 0 Å². The summed E-state index contributed by atoms with van der Waals surface area (Å²) in [6, 6.07) is 0. The van der Waals surface area contributed by atoms with Crippen molar-refractivity contribution in [3.63, 3.8) is 0 Å². The van der Waals surface area contributed by atoms with E-state index < -0.39 is 5.97 Å². The summed E-state index contributed by atoms with van der Waals surface area (Å²) >= 11 is 0. The van der Waals surface area contributed by atoms with Crippen molar-refractivity contribution in [3.8, 4) is 11.4 Å². The number of aryl methyl sites for hydroxylation is 1. The van der Waals surface area contributed by atoms with E-state index in [1.165, 1.54) is 22.1 Å². The Morgan fingerprint density at radius 1 is 1.43 bits per heavy atom. The fourth-order valence-electron chi connectivity index (χ4n) is 1.83. The number of carboxylic acid groups (broad SMARTS) is 1. The summed E-state index contributed by atoms with van der Waals surface area (Å²) in [5.74, 6) is -1.38. The summed E-state index contributed by atoms with van der Waals surface area (Å²) < 4.78 is 2.94. The van der Waals surface area contributed by atoms with Crippen molar-refractivity contribution >= 4 is 11.9 Å². The second kappa shape index (κ2) is 5.73. The molecule has 0 aliphatic carbocycles. The van der Waals surface area contributed by atoms with Crippen LogP contribution in [0.4, 0.5) is 0 Å². The van der Waals surface area contributed by atoms with Gasteiger partial charge < -0.3 is 14.6 Å². The number of carboxylic acids is 1. The van der Waals surface area contributed by atoms with Gasteiger partial charge in [-0.1, -0.05) is 5.21 Å². The van der Waals surface area contributed by atoms with Gasteiger partial charge in [-0.05, 0) is 6.92 Å². The first-order valence-corrected chi connectivity index (χ1v) is 6.33. The number of hydrogen-bond donors (Lipinski definition) is 1. The quantitative estimate of drug-likeness (QED) is 0.821. The maximum absolute atomic E-state index is 12.0. The van der Waals surface area contributed by atoms with E-state index in [0.717, 1.165) is 0 Å². The number of nitrogens with zero attached hydrogens (tertiary/aromatic N) is 6. The molecule has 2 rings (SSSR count). The Morgan fingerprint density at radius 2 is 2.14 bits per heavy atom. The number of hydrogen-bond acceptors (Lipinski definition) is 5. The number of amides is 1. The molecule has 0 radical (unpaired) electrons. The average molecular weight is 292 g/mol. The lowest BCUT2D eigenvalue weighted by molar-refractivity contribution is -0.130. The maximum Gasteiger partial charge on any atom is 0.358 e. The van der Waals surface area contributed by atoms with Crippen molar-refractivity contribution in [1.82, 2.24) is 29.4 Å². The molecule has 0 saturated heterocycles. The molecular formula is C12H16N6O3. The predicted octanol–water partition coefficient (Wildman–Crippen LogP) is -0.145. The predicted molar refractivity (Wildman–Crippen MR) is 72.5 cm³/mol. The molecule has 112 valence electrons. The third kappa shape index (κ3) is 2.76. The Bertz CT molecular complexity index is 674. The fourth-order valence-corrected chi connectivity index (χ4v) is 1.83. The molecule has 9 nitrogen and oxygen atoms in total. The number of aromatic carboxylic acids is 1. The topological polar surface area (TPSA) is 106 Å². The van der Waals surface area contributed by atoms with Gasteiger partial charge in [0.15, 0.2) is 5.69 Å². The monoisotopic (exact) mass is 292 g/mol. The van der Waals surface area contributed by atoms with Crippen LogP contribution in [-0.2, 0) is 18.4 Å². The van der Waals surface area contributed by atoms with Crippen LogP contribution in [0.2, 0.25) is 0 Å². The minimum absolute atomic E-state index is 0.0782. The molecule has 0 fully saturated rings. The van der Waals surface area contributed by atoms with E-state index in [9.17, 15) is 14.7 Å². The van der Waals surface area contributed by atoms with Crippen LogP contribution in [0.5, 0.6) is 0 Å². The minimum Gasteiger partial charge on any atom is -0.476 e. The van der Waals surface area contributed by atoms with Crippen LogP contribution in [-0.4, -0.2) is 60.0 Å². The zero-order chi connectivity index (χ0) is 15.6. The van der Waals surface area contributed by atoms with Gasteiger partial charge in [0.2, 0.25) is 5.91 Å². The number of rotatable bonds is 5. The largest absolute Gasteiger partial charge is 0.476 e. The summed E-state index contributed by atoms with van der Waals surface area (Å²) in [6.07, 6.45) is 3.05. The zero-order valence-electron chi connectivity index (χ0n) is 12.0. The molecule has 21 heavy (non-hydrogen) atoms.